The van der Waals surface area contributed by atoms with Crippen LogP contribution >= 0.6 is 0 Å². The van der Waals surface area contributed by atoms with Crippen molar-refractivity contribution in [1.82, 2.24) is 5.32 Å². The molecule has 0 aliphatic heterocycles. The Labute approximate surface area is 122 Å². The molecular formula is C17H27NO2. The van der Waals surface area contributed by atoms with E-state index in [0.717, 1.165) is 24.0 Å². The van der Waals surface area contributed by atoms with Crippen molar-refractivity contribution in [3.8, 4) is 11.5 Å². The van der Waals surface area contributed by atoms with E-state index in [4.69, 9.17) is 9.47 Å². The van der Waals surface area contributed by atoms with Crippen LogP contribution in [0.2, 0.25) is 0 Å². The molecule has 3 nitrogen and oxygen atoms in total. The fraction of sp³-hybridized carbons (Fsp3) is 0.647. The molecule has 112 valence electrons. The largest absolute Gasteiger partial charge is 0.497 e. The van der Waals surface area contributed by atoms with E-state index < -0.39 is 0 Å². The van der Waals surface area contributed by atoms with Gasteiger partial charge in [0.2, 0.25) is 0 Å². The molecule has 1 aliphatic carbocycles. The van der Waals surface area contributed by atoms with E-state index in [-0.39, 0.29) is 0 Å². The first-order valence-corrected chi connectivity index (χ1v) is 7.80. The Morgan fingerprint density at radius 2 is 1.75 bits per heavy atom. The summed E-state index contributed by atoms with van der Waals surface area (Å²) in [5, 5.41) is 3.60. The number of ether oxygens (including phenoxy) is 2. The van der Waals surface area contributed by atoms with Crippen LogP contribution in [0.5, 0.6) is 11.5 Å². The molecule has 1 fully saturated rings. The van der Waals surface area contributed by atoms with Gasteiger partial charge in [0.1, 0.15) is 18.1 Å². The van der Waals surface area contributed by atoms with Crippen molar-refractivity contribution in [3.05, 3.63) is 24.3 Å². The van der Waals surface area contributed by atoms with Crippen molar-refractivity contribution in [3.63, 3.8) is 0 Å². The van der Waals surface area contributed by atoms with Crippen LogP contribution < -0.4 is 14.8 Å². The minimum absolute atomic E-state index is 0.606. The SMILES string of the molecule is COc1ccc(OCCN[C@@H](C)C2CCCCC2)cc1. The molecule has 1 atom stereocenters. The minimum Gasteiger partial charge on any atom is -0.497 e. The van der Waals surface area contributed by atoms with Crippen molar-refractivity contribution < 1.29 is 9.47 Å². The van der Waals surface area contributed by atoms with Crippen LogP contribution in [0.3, 0.4) is 0 Å². The van der Waals surface area contributed by atoms with Gasteiger partial charge in [-0.3, -0.25) is 0 Å². The van der Waals surface area contributed by atoms with Crippen molar-refractivity contribution in [2.45, 2.75) is 45.1 Å². The Kier molecular flexibility index (Phi) is 6.19. The highest BCUT2D eigenvalue weighted by Crippen LogP contribution is 2.26. The lowest BCUT2D eigenvalue weighted by atomic mass is 9.84. The molecule has 3 heteroatoms. The maximum atomic E-state index is 5.73. The van der Waals surface area contributed by atoms with Crippen LogP contribution in [0.15, 0.2) is 24.3 Å². The lowest BCUT2D eigenvalue weighted by Gasteiger charge is -2.28. The van der Waals surface area contributed by atoms with E-state index in [9.17, 15) is 0 Å². The molecule has 0 saturated heterocycles. The second-order valence-electron chi connectivity index (χ2n) is 5.66. The summed E-state index contributed by atoms with van der Waals surface area (Å²) in [6.45, 7) is 3.93. The number of methoxy groups -OCH3 is 1. The quantitative estimate of drug-likeness (QED) is 0.772. The number of nitrogens with one attached hydrogen (secondary N) is 1. The van der Waals surface area contributed by atoms with E-state index in [0.29, 0.717) is 12.6 Å². The summed E-state index contributed by atoms with van der Waals surface area (Å²) in [6.07, 6.45) is 6.99. The summed E-state index contributed by atoms with van der Waals surface area (Å²) in [4.78, 5) is 0. The predicted octanol–water partition coefficient (Wildman–Crippen LogP) is 3.63. The molecule has 1 N–H and O–H groups in total. The third-order valence-electron chi connectivity index (χ3n) is 4.25. The van der Waals surface area contributed by atoms with E-state index in [1.807, 2.05) is 24.3 Å². The van der Waals surface area contributed by atoms with Crippen LogP contribution in [-0.4, -0.2) is 26.3 Å². The maximum absolute atomic E-state index is 5.73. The summed E-state index contributed by atoms with van der Waals surface area (Å²) in [6, 6.07) is 8.35. The molecule has 0 amide bonds. The minimum atomic E-state index is 0.606. The van der Waals surface area contributed by atoms with Gasteiger partial charge in [-0.25, -0.2) is 0 Å². The molecule has 1 aromatic carbocycles. The fourth-order valence-corrected chi connectivity index (χ4v) is 2.93. The third kappa shape index (κ3) is 4.71. The lowest BCUT2D eigenvalue weighted by Crippen LogP contribution is -2.37. The number of rotatable bonds is 7. The van der Waals surface area contributed by atoms with Gasteiger partial charge >= 0.3 is 0 Å². The number of hydrogen-bond donors (Lipinski definition) is 1. The van der Waals surface area contributed by atoms with E-state index >= 15 is 0 Å². The van der Waals surface area contributed by atoms with Gasteiger partial charge in [-0.15, -0.1) is 0 Å². The summed E-state index contributed by atoms with van der Waals surface area (Å²) in [5.41, 5.74) is 0. The van der Waals surface area contributed by atoms with Gasteiger partial charge in [-0.2, -0.15) is 0 Å². The maximum Gasteiger partial charge on any atom is 0.119 e. The second kappa shape index (κ2) is 8.15. The number of hydrogen-bond acceptors (Lipinski definition) is 3. The molecule has 1 saturated carbocycles. The Balaban J connectivity index is 1.62. The third-order valence-corrected chi connectivity index (χ3v) is 4.25. The van der Waals surface area contributed by atoms with Crippen LogP contribution in [0.1, 0.15) is 39.0 Å². The summed E-state index contributed by atoms with van der Waals surface area (Å²) in [5.74, 6) is 2.61. The molecule has 0 bridgehead atoms. The molecule has 0 spiro atoms. The van der Waals surface area contributed by atoms with Crippen molar-refractivity contribution >= 4 is 0 Å². The normalized spacial score (nSPS) is 17.7. The first-order chi connectivity index (χ1) is 9.79. The van der Waals surface area contributed by atoms with Gasteiger partial charge in [-0.1, -0.05) is 19.3 Å². The zero-order valence-electron chi connectivity index (χ0n) is 12.7. The van der Waals surface area contributed by atoms with Crippen molar-refractivity contribution in [2.24, 2.45) is 5.92 Å². The number of benzene rings is 1. The molecular weight excluding hydrogens is 250 g/mol. The van der Waals surface area contributed by atoms with Gasteiger partial charge in [0.15, 0.2) is 0 Å². The molecule has 2 rings (SSSR count). The molecule has 0 unspecified atom stereocenters. The first-order valence-electron chi connectivity index (χ1n) is 7.80. The molecule has 0 heterocycles. The molecule has 20 heavy (non-hydrogen) atoms. The fourth-order valence-electron chi connectivity index (χ4n) is 2.93. The first kappa shape index (κ1) is 15.2. The average molecular weight is 277 g/mol. The summed E-state index contributed by atoms with van der Waals surface area (Å²) >= 11 is 0. The Hall–Kier alpha value is -1.22. The Morgan fingerprint density at radius 1 is 1.10 bits per heavy atom. The monoisotopic (exact) mass is 277 g/mol. The van der Waals surface area contributed by atoms with E-state index in [2.05, 4.69) is 12.2 Å². The van der Waals surface area contributed by atoms with E-state index in [1.165, 1.54) is 32.1 Å². The smallest absolute Gasteiger partial charge is 0.119 e. The molecule has 1 aromatic rings. The molecule has 1 aliphatic rings. The Morgan fingerprint density at radius 3 is 2.40 bits per heavy atom. The zero-order valence-corrected chi connectivity index (χ0v) is 12.7. The highest BCUT2D eigenvalue weighted by molar-refractivity contribution is 5.31. The molecule has 0 aromatic heterocycles. The van der Waals surface area contributed by atoms with Gasteiger partial charge < -0.3 is 14.8 Å². The molecule has 0 radical (unpaired) electrons. The highest BCUT2D eigenvalue weighted by Gasteiger charge is 2.19. The predicted molar refractivity (Wildman–Crippen MR) is 82.5 cm³/mol. The van der Waals surface area contributed by atoms with Crippen LogP contribution in [0.4, 0.5) is 0 Å². The van der Waals surface area contributed by atoms with Crippen LogP contribution in [0, 0.1) is 5.92 Å². The second-order valence-corrected chi connectivity index (χ2v) is 5.66. The van der Waals surface area contributed by atoms with Gasteiger partial charge in [0.25, 0.3) is 0 Å². The van der Waals surface area contributed by atoms with Crippen LogP contribution in [0.25, 0.3) is 0 Å². The average Bonchev–Trinajstić information content (AvgIpc) is 2.53. The van der Waals surface area contributed by atoms with Crippen LogP contribution in [-0.2, 0) is 0 Å². The lowest BCUT2D eigenvalue weighted by molar-refractivity contribution is 0.256. The summed E-state index contributed by atoms with van der Waals surface area (Å²) < 4.78 is 10.9. The topological polar surface area (TPSA) is 30.5 Å². The van der Waals surface area contributed by atoms with Gasteiger partial charge in [-0.05, 0) is 49.9 Å². The Bertz CT molecular complexity index is 371. The van der Waals surface area contributed by atoms with E-state index in [1.54, 1.807) is 7.11 Å². The standard InChI is InChI=1S/C17H27NO2/c1-14(15-6-4-3-5-7-15)18-12-13-20-17-10-8-16(19-2)9-11-17/h8-11,14-15,18H,3-7,12-13H2,1-2H3/t14-/m0/s1. The van der Waals surface area contributed by atoms with Gasteiger partial charge in [0.05, 0.1) is 7.11 Å². The zero-order chi connectivity index (χ0) is 14.2. The van der Waals surface area contributed by atoms with Gasteiger partial charge in [0, 0.05) is 12.6 Å². The highest BCUT2D eigenvalue weighted by atomic mass is 16.5. The van der Waals surface area contributed by atoms with Crippen molar-refractivity contribution in [2.75, 3.05) is 20.3 Å². The summed E-state index contributed by atoms with van der Waals surface area (Å²) in [7, 11) is 1.67. The van der Waals surface area contributed by atoms with Crippen molar-refractivity contribution in [1.29, 1.82) is 0 Å².